The summed E-state index contributed by atoms with van der Waals surface area (Å²) in [6.45, 7) is 1.84. The molecule has 110 valence electrons. The predicted octanol–water partition coefficient (Wildman–Crippen LogP) is 2.94. The van der Waals surface area contributed by atoms with Crippen LogP contribution in [0.2, 0.25) is 0 Å². The zero-order chi connectivity index (χ0) is 13.8. The van der Waals surface area contributed by atoms with Crippen LogP contribution >= 0.6 is 11.8 Å². The molecule has 0 radical (unpaired) electrons. The maximum Gasteiger partial charge on any atom is 0.133 e. The molecule has 0 saturated carbocycles. The molecule has 1 aromatic carbocycles. The lowest BCUT2D eigenvalue weighted by Crippen LogP contribution is -2.45. The summed E-state index contributed by atoms with van der Waals surface area (Å²) < 4.78 is 11.7. The zero-order valence-electron chi connectivity index (χ0n) is 12.0. The van der Waals surface area contributed by atoms with Gasteiger partial charge in [-0.1, -0.05) is 12.1 Å². The van der Waals surface area contributed by atoms with Crippen LogP contribution in [-0.2, 0) is 4.74 Å². The Hall–Kier alpha value is -0.710. The number of thioether (sulfide) groups is 1. The first-order valence-electron chi connectivity index (χ1n) is 7.50. The van der Waals surface area contributed by atoms with Gasteiger partial charge in [0.05, 0.1) is 0 Å². The maximum absolute atomic E-state index is 6.21. The second-order valence-corrected chi connectivity index (χ2v) is 6.66. The zero-order valence-corrected chi connectivity index (χ0v) is 12.8. The Bertz CT molecular complexity index is 434. The highest BCUT2D eigenvalue weighted by molar-refractivity contribution is 7.99. The molecule has 20 heavy (non-hydrogen) atoms. The van der Waals surface area contributed by atoms with Crippen LogP contribution in [0.4, 0.5) is 0 Å². The van der Waals surface area contributed by atoms with Crippen LogP contribution < -0.4 is 10.1 Å². The molecule has 0 amide bonds. The first-order chi connectivity index (χ1) is 9.86. The fourth-order valence-corrected chi connectivity index (χ4v) is 4.11. The van der Waals surface area contributed by atoms with E-state index >= 15 is 0 Å². The minimum absolute atomic E-state index is 0.266. The van der Waals surface area contributed by atoms with Gasteiger partial charge in [0.25, 0.3) is 0 Å². The van der Waals surface area contributed by atoms with Crippen molar-refractivity contribution < 1.29 is 9.47 Å². The molecule has 2 aliphatic heterocycles. The van der Waals surface area contributed by atoms with Gasteiger partial charge in [-0.25, -0.2) is 0 Å². The lowest BCUT2D eigenvalue weighted by atomic mass is 9.90. The first-order valence-corrected chi connectivity index (χ1v) is 8.49. The number of ether oxygens (including phenoxy) is 2. The average molecular weight is 293 g/mol. The summed E-state index contributed by atoms with van der Waals surface area (Å²) in [4.78, 5) is 1.27. The van der Waals surface area contributed by atoms with Crippen molar-refractivity contribution in [1.82, 2.24) is 5.32 Å². The molecule has 0 spiro atoms. The summed E-state index contributed by atoms with van der Waals surface area (Å²) in [6.07, 6.45) is 3.83. The van der Waals surface area contributed by atoms with Crippen molar-refractivity contribution in [2.45, 2.75) is 36.3 Å². The lowest BCUT2D eigenvalue weighted by molar-refractivity contribution is 0.0534. The number of likely N-dealkylation sites (N-methyl/N-ethyl adjacent to an activating group) is 1. The molecule has 4 heteroatoms. The molecule has 1 aromatic rings. The molecular formula is C16H23NO2S. The monoisotopic (exact) mass is 293 g/mol. The van der Waals surface area contributed by atoms with Crippen LogP contribution in [0.3, 0.4) is 0 Å². The predicted molar refractivity (Wildman–Crippen MR) is 82.6 cm³/mol. The van der Waals surface area contributed by atoms with Crippen LogP contribution in [0, 0.1) is 5.92 Å². The summed E-state index contributed by atoms with van der Waals surface area (Å²) >= 11 is 1.91. The molecule has 0 bridgehead atoms. The minimum atomic E-state index is 0.266. The summed E-state index contributed by atoms with van der Waals surface area (Å²) in [7, 11) is 2.05. The van der Waals surface area contributed by atoms with Crippen molar-refractivity contribution in [2.75, 3.05) is 26.0 Å². The molecule has 0 aromatic heterocycles. The van der Waals surface area contributed by atoms with E-state index < -0.39 is 0 Å². The smallest absolute Gasteiger partial charge is 0.133 e. The van der Waals surface area contributed by atoms with Gasteiger partial charge in [-0.15, -0.1) is 11.8 Å². The van der Waals surface area contributed by atoms with Gasteiger partial charge in [0.2, 0.25) is 0 Å². The molecule has 2 atom stereocenters. The van der Waals surface area contributed by atoms with E-state index in [1.54, 1.807) is 0 Å². The number of fused-ring (bicyclic) bond motifs is 1. The Morgan fingerprint density at radius 1 is 1.30 bits per heavy atom. The highest BCUT2D eigenvalue weighted by Gasteiger charge is 2.29. The van der Waals surface area contributed by atoms with Gasteiger partial charge in [-0.3, -0.25) is 0 Å². The van der Waals surface area contributed by atoms with Crippen molar-refractivity contribution >= 4 is 11.8 Å². The summed E-state index contributed by atoms with van der Waals surface area (Å²) in [6, 6.07) is 8.78. The van der Waals surface area contributed by atoms with Crippen LogP contribution in [0.5, 0.6) is 5.75 Å². The number of rotatable bonds is 4. The molecule has 3 rings (SSSR count). The number of hydrogen-bond acceptors (Lipinski definition) is 4. The quantitative estimate of drug-likeness (QED) is 0.924. The van der Waals surface area contributed by atoms with E-state index in [0.717, 1.165) is 30.6 Å². The van der Waals surface area contributed by atoms with Crippen molar-refractivity contribution in [1.29, 1.82) is 0 Å². The molecule has 2 heterocycles. The van der Waals surface area contributed by atoms with E-state index in [9.17, 15) is 0 Å². The normalized spacial score (nSPS) is 24.8. The molecule has 0 aliphatic carbocycles. The topological polar surface area (TPSA) is 30.5 Å². The van der Waals surface area contributed by atoms with Gasteiger partial charge in [-0.2, -0.15) is 0 Å². The molecule has 2 aliphatic rings. The highest BCUT2D eigenvalue weighted by Crippen LogP contribution is 2.36. The van der Waals surface area contributed by atoms with Crippen molar-refractivity contribution in [3.8, 4) is 5.75 Å². The second-order valence-electron chi connectivity index (χ2n) is 5.60. The summed E-state index contributed by atoms with van der Waals surface area (Å²) in [5.74, 6) is 2.85. The van der Waals surface area contributed by atoms with Crippen molar-refractivity contribution in [3.63, 3.8) is 0 Å². The van der Waals surface area contributed by atoms with E-state index in [1.807, 2.05) is 11.8 Å². The van der Waals surface area contributed by atoms with Crippen LogP contribution in [0.25, 0.3) is 0 Å². The Morgan fingerprint density at radius 2 is 2.10 bits per heavy atom. The standard InChI is InChI=1S/C16H23NO2S/c1-17-13(10-12-6-8-18-9-7-12)15-11-20-16-5-3-2-4-14(16)19-15/h2-5,12-13,15,17H,6-11H2,1H3. The van der Waals surface area contributed by atoms with E-state index in [2.05, 4.69) is 36.6 Å². The molecule has 1 saturated heterocycles. The number of nitrogens with one attached hydrogen (secondary N) is 1. The Labute approximate surface area is 125 Å². The third-order valence-corrected chi connectivity index (χ3v) is 5.42. The Morgan fingerprint density at radius 3 is 2.90 bits per heavy atom. The number of para-hydroxylation sites is 1. The second kappa shape index (κ2) is 6.83. The number of benzene rings is 1. The fourth-order valence-electron chi connectivity index (χ4n) is 3.03. The molecular weight excluding hydrogens is 270 g/mol. The van der Waals surface area contributed by atoms with Crippen molar-refractivity contribution in [3.05, 3.63) is 24.3 Å². The summed E-state index contributed by atoms with van der Waals surface area (Å²) in [5.41, 5.74) is 0. The van der Waals surface area contributed by atoms with Gasteiger partial charge >= 0.3 is 0 Å². The fraction of sp³-hybridized carbons (Fsp3) is 0.625. The third-order valence-electron chi connectivity index (χ3n) is 4.28. The van der Waals surface area contributed by atoms with Gasteiger partial charge in [0, 0.05) is 29.9 Å². The summed E-state index contributed by atoms with van der Waals surface area (Å²) in [5, 5.41) is 3.47. The molecule has 1 fully saturated rings. The minimum Gasteiger partial charge on any atom is -0.487 e. The molecule has 1 N–H and O–H groups in total. The highest BCUT2D eigenvalue weighted by atomic mass is 32.2. The van der Waals surface area contributed by atoms with Crippen LogP contribution in [-0.4, -0.2) is 38.2 Å². The van der Waals surface area contributed by atoms with E-state index in [1.165, 1.54) is 24.2 Å². The average Bonchev–Trinajstić information content (AvgIpc) is 2.53. The Balaban J connectivity index is 1.62. The molecule has 2 unspecified atom stereocenters. The van der Waals surface area contributed by atoms with Crippen LogP contribution in [0.15, 0.2) is 29.2 Å². The first kappa shape index (κ1) is 14.2. The van der Waals surface area contributed by atoms with Gasteiger partial charge in [-0.05, 0) is 44.4 Å². The van der Waals surface area contributed by atoms with Crippen molar-refractivity contribution in [2.24, 2.45) is 5.92 Å². The third kappa shape index (κ3) is 3.30. The van der Waals surface area contributed by atoms with Gasteiger partial charge < -0.3 is 14.8 Å². The molecule has 3 nitrogen and oxygen atoms in total. The SMILES string of the molecule is CNC(CC1CCOCC1)C1CSc2ccccc2O1. The van der Waals surface area contributed by atoms with E-state index in [0.29, 0.717) is 6.04 Å². The van der Waals surface area contributed by atoms with Gasteiger partial charge in [0.15, 0.2) is 0 Å². The van der Waals surface area contributed by atoms with E-state index in [-0.39, 0.29) is 6.10 Å². The maximum atomic E-state index is 6.21. The Kier molecular flexibility index (Phi) is 4.86. The number of hydrogen-bond donors (Lipinski definition) is 1. The lowest BCUT2D eigenvalue weighted by Gasteiger charge is -2.34. The van der Waals surface area contributed by atoms with Crippen LogP contribution in [0.1, 0.15) is 19.3 Å². The van der Waals surface area contributed by atoms with Gasteiger partial charge in [0.1, 0.15) is 11.9 Å². The largest absolute Gasteiger partial charge is 0.487 e. The van der Waals surface area contributed by atoms with E-state index in [4.69, 9.17) is 9.47 Å².